The fourth-order valence-corrected chi connectivity index (χ4v) is 1.35. The van der Waals surface area contributed by atoms with E-state index < -0.39 is 11.7 Å². The quantitative estimate of drug-likeness (QED) is 0.602. The molecule has 0 spiro atoms. The van der Waals surface area contributed by atoms with E-state index in [0.29, 0.717) is 0 Å². The third kappa shape index (κ3) is 8.81. The maximum Gasteiger partial charge on any atom is 0.408 e. The first-order valence-electron chi connectivity index (χ1n) is 6.25. The molecule has 0 fully saturated rings. The van der Waals surface area contributed by atoms with E-state index in [1.54, 1.807) is 0 Å². The number of amides is 2. The fourth-order valence-electron chi connectivity index (χ4n) is 1.35. The Morgan fingerprint density at radius 2 is 1.94 bits per heavy atom. The molecule has 18 heavy (non-hydrogen) atoms. The Bertz CT molecular complexity index is 267. The number of carbonyl (C=O) groups is 2. The molecule has 6 heteroatoms. The number of aliphatic hydroxyl groups is 1. The summed E-state index contributed by atoms with van der Waals surface area (Å²) in [6.07, 6.45) is 2.21. The molecule has 0 aliphatic carbocycles. The molecule has 0 atom stereocenters. The molecule has 0 rings (SSSR count). The van der Waals surface area contributed by atoms with Crippen LogP contribution in [0.5, 0.6) is 0 Å². The van der Waals surface area contributed by atoms with Gasteiger partial charge in [-0.25, -0.2) is 4.79 Å². The van der Waals surface area contributed by atoms with Crippen molar-refractivity contribution in [2.75, 3.05) is 19.7 Å². The molecule has 0 radical (unpaired) electrons. The lowest BCUT2D eigenvalue weighted by Gasteiger charge is -2.24. The van der Waals surface area contributed by atoms with Gasteiger partial charge in [0.25, 0.3) is 0 Å². The van der Waals surface area contributed by atoms with Crippen LogP contribution in [0.2, 0.25) is 0 Å². The van der Waals surface area contributed by atoms with E-state index in [2.05, 4.69) is 17.6 Å². The van der Waals surface area contributed by atoms with Crippen LogP contribution in [0.1, 0.15) is 40.0 Å². The van der Waals surface area contributed by atoms with Gasteiger partial charge < -0.3 is 20.5 Å². The number of unbranched alkanes of at least 4 members (excludes halogenated alkanes) is 1. The van der Waals surface area contributed by atoms with Crippen LogP contribution in [0.25, 0.3) is 0 Å². The molecule has 0 saturated heterocycles. The third-order valence-electron chi connectivity index (χ3n) is 2.33. The standard InChI is InChI=1S/C12H24N2O4/c1-4-5-6-12(2,3)18-11(17)14-9-10(16)13-7-8-15/h15H,4-9H2,1-3H3,(H,13,16)(H,14,17). The number of hydrogen-bond acceptors (Lipinski definition) is 4. The van der Waals surface area contributed by atoms with Gasteiger partial charge >= 0.3 is 6.09 Å². The maximum absolute atomic E-state index is 11.4. The third-order valence-corrected chi connectivity index (χ3v) is 2.33. The van der Waals surface area contributed by atoms with E-state index in [-0.39, 0.29) is 25.6 Å². The predicted octanol–water partition coefficient (Wildman–Crippen LogP) is 0.790. The van der Waals surface area contributed by atoms with Crippen molar-refractivity contribution in [3.8, 4) is 0 Å². The Kier molecular flexibility index (Phi) is 8.11. The van der Waals surface area contributed by atoms with Gasteiger partial charge in [0.2, 0.25) is 5.91 Å². The van der Waals surface area contributed by atoms with Gasteiger partial charge in [-0.3, -0.25) is 4.79 Å². The van der Waals surface area contributed by atoms with Crippen molar-refractivity contribution in [3.63, 3.8) is 0 Å². The van der Waals surface area contributed by atoms with Gasteiger partial charge in [0.05, 0.1) is 13.2 Å². The van der Waals surface area contributed by atoms with Gasteiger partial charge in [-0.15, -0.1) is 0 Å². The molecular formula is C12H24N2O4. The van der Waals surface area contributed by atoms with Crippen molar-refractivity contribution in [1.82, 2.24) is 10.6 Å². The van der Waals surface area contributed by atoms with Crippen molar-refractivity contribution >= 4 is 12.0 Å². The summed E-state index contributed by atoms with van der Waals surface area (Å²) in [5.41, 5.74) is -0.526. The largest absolute Gasteiger partial charge is 0.444 e. The lowest BCUT2D eigenvalue weighted by atomic mass is 10.0. The van der Waals surface area contributed by atoms with Crippen LogP contribution in [0, 0.1) is 0 Å². The minimum atomic E-state index is -0.602. The summed E-state index contributed by atoms with van der Waals surface area (Å²) >= 11 is 0. The van der Waals surface area contributed by atoms with Crippen molar-refractivity contribution in [2.24, 2.45) is 0 Å². The lowest BCUT2D eigenvalue weighted by molar-refractivity contribution is -0.120. The van der Waals surface area contributed by atoms with E-state index in [0.717, 1.165) is 19.3 Å². The second-order valence-electron chi connectivity index (χ2n) is 4.68. The molecule has 0 aliphatic rings. The van der Waals surface area contributed by atoms with Gasteiger partial charge in [0, 0.05) is 6.54 Å². The summed E-state index contributed by atoms with van der Waals surface area (Å²) in [5.74, 6) is -0.354. The lowest BCUT2D eigenvalue weighted by Crippen LogP contribution is -2.41. The van der Waals surface area contributed by atoms with Crippen LogP contribution in [0.3, 0.4) is 0 Å². The van der Waals surface area contributed by atoms with Gasteiger partial charge in [0.15, 0.2) is 0 Å². The zero-order valence-corrected chi connectivity index (χ0v) is 11.4. The average molecular weight is 260 g/mol. The molecule has 2 amide bonds. The zero-order valence-electron chi connectivity index (χ0n) is 11.4. The highest BCUT2D eigenvalue weighted by molar-refractivity contribution is 5.82. The number of nitrogens with one attached hydrogen (secondary N) is 2. The van der Waals surface area contributed by atoms with Crippen LogP contribution >= 0.6 is 0 Å². The highest BCUT2D eigenvalue weighted by Crippen LogP contribution is 2.17. The van der Waals surface area contributed by atoms with Gasteiger partial charge in [-0.1, -0.05) is 13.3 Å². The summed E-state index contributed by atoms with van der Waals surface area (Å²) in [6.45, 7) is 5.66. The zero-order chi connectivity index (χ0) is 14.0. The van der Waals surface area contributed by atoms with Gasteiger partial charge in [-0.05, 0) is 26.7 Å². The molecule has 0 saturated carbocycles. The van der Waals surface area contributed by atoms with Crippen LogP contribution < -0.4 is 10.6 Å². The van der Waals surface area contributed by atoms with Crippen LogP contribution in [-0.4, -0.2) is 42.4 Å². The summed E-state index contributed by atoms with van der Waals surface area (Å²) < 4.78 is 5.22. The summed E-state index contributed by atoms with van der Waals surface area (Å²) in [4.78, 5) is 22.6. The topological polar surface area (TPSA) is 87.7 Å². The second-order valence-corrected chi connectivity index (χ2v) is 4.68. The fraction of sp³-hybridized carbons (Fsp3) is 0.833. The average Bonchev–Trinajstić information content (AvgIpc) is 2.30. The monoisotopic (exact) mass is 260 g/mol. The van der Waals surface area contributed by atoms with E-state index in [1.807, 2.05) is 13.8 Å². The Labute approximate surface area is 108 Å². The van der Waals surface area contributed by atoms with Gasteiger partial charge in [-0.2, -0.15) is 0 Å². The molecule has 0 heterocycles. The highest BCUT2D eigenvalue weighted by atomic mass is 16.6. The first-order valence-corrected chi connectivity index (χ1v) is 6.25. The van der Waals surface area contributed by atoms with Crippen LogP contribution in [0.4, 0.5) is 4.79 Å². The molecule has 3 N–H and O–H groups in total. The van der Waals surface area contributed by atoms with E-state index >= 15 is 0 Å². The normalized spacial score (nSPS) is 10.9. The van der Waals surface area contributed by atoms with Crippen molar-refractivity contribution in [2.45, 2.75) is 45.6 Å². The van der Waals surface area contributed by atoms with Gasteiger partial charge in [0.1, 0.15) is 5.60 Å². The number of aliphatic hydroxyl groups excluding tert-OH is 1. The Morgan fingerprint density at radius 3 is 2.50 bits per heavy atom. The predicted molar refractivity (Wildman–Crippen MR) is 68.2 cm³/mol. The molecule has 0 bridgehead atoms. The van der Waals surface area contributed by atoms with E-state index in [4.69, 9.17) is 9.84 Å². The molecule has 0 aromatic rings. The molecular weight excluding hydrogens is 236 g/mol. The Balaban J connectivity index is 3.85. The molecule has 0 unspecified atom stereocenters. The number of rotatable bonds is 8. The number of alkyl carbamates (subject to hydrolysis) is 1. The molecule has 0 aliphatic heterocycles. The smallest absolute Gasteiger partial charge is 0.408 e. The minimum Gasteiger partial charge on any atom is -0.444 e. The first kappa shape index (κ1) is 16.7. The van der Waals surface area contributed by atoms with Crippen molar-refractivity contribution < 1.29 is 19.4 Å². The number of hydrogen-bond donors (Lipinski definition) is 3. The van der Waals surface area contributed by atoms with Crippen LogP contribution in [-0.2, 0) is 9.53 Å². The maximum atomic E-state index is 11.4. The molecule has 0 aromatic carbocycles. The SMILES string of the molecule is CCCCC(C)(C)OC(=O)NCC(=O)NCCO. The summed E-state index contributed by atoms with van der Waals surface area (Å²) in [7, 11) is 0. The molecule has 6 nitrogen and oxygen atoms in total. The van der Waals surface area contributed by atoms with Crippen molar-refractivity contribution in [1.29, 1.82) is 0 Å². The second kappa shape index (κ2) is 8.74. The minimum absolute atomic E-state index is 0.125. The van der Waals surface area contributed by atoms with Crippen LogP contribution in [0.15, 0.2) is 0 Å². The summed E-state index contributed by atoms with van der Waals surface area (Å²) in [5, 5.41) is 13.3. The van der Waals surface area contributed by atoms with E-state index in [1.165, 1.54) is 0 Å². The number of carbonyl (C=O) groups excluding carboxylic acids is 2. The Morgan fingerprint density at radius 1 is 1.28 bits per heavy atom. The summed E-state index contributed by atoms with van der Waals surface area (Å²) in [6, 6.07) is 0. The van der Waals surface area contributed by atoms with E-state index in [9.17, 15) is 9.59 Å². The molecule has 0 aromatic heterocycles. The molecule has 106 valence electrons. The van der Waals surface area contributed by atoms with Crippen molar-refractivity contribution in [3.05, 3.63) is 0 Å². The Hall–Kier alpha value is -1.30. The first-order chi connectivity index (χ1) is 8.41. The highest BCUT2D eigenvalue weighted by Gasteiger charge is 2.22. The number of ether oxygens (including phenoxy) is 1.